The highest BCUT2D eigenvalue weighted by Crippen LogP contribution is 2.18. The lowest BCUT2D eigenvalue weighted by Crippen LogP contribution is -2.23. The van der Waals surface area contributed by atoms with Crippen molar-refractivity contribution in [1.82, 2.24) is 9.66 Å². The maximum absolute atomic E-state index is 13.1. The SMILES string of the molecule is Cc1ccccc1OCc1nc2ccccc2c(=O)n1/N=C\c1ccc(N(C)C)cc1. The standard InChI is InChI=1S/C25H24N4O2/c1-18-8-4-7-11-23(18)31-17-24-27-22-10-6-5-9-21(22)25(30)29(24)26-16-19-12-14-20(15-13-19)28(2)3/h4-16H,17H2,1-3H3/b26-16-. The molecule has 0 amide bonds. The summed E-state index contributed by atoms with van der Waals surface area (Å²) in [7, 11) is 3.98. The second-order valence-electron chi connectivity index (χ2n) is 7.45. The fourth-order valence-electron chi connectivity index (χ4n) is 3.23. The molecule has 0 saturated heterocycles. The number of rotatable bonds is 6. The molecule has 1 heterocycles. The highest BCUT2D eigenvalue weighted by Gasteiger charge is 2.11. The monoisotopic (exact) mass is 412 g/mol. The van der Waals surface area contributed by atoms with E-state index in [0.29, 0.717) is 16.7 Å². The van der Waals surface area contributed by atoms with Crippen molar-refractivity contribution in [3.05, 3.63) is 100 Å². The first-order chi connectivity index (χ1) is 15.0. The molecule has 0 unspecified atom stereocenters. The van der Waals surface area contributed by atoms with Gasteiger partial charge in [-0.15, -0.1) is 0 Å². The van der Waals surface area contributed by atoms with E-state index < -0.39 is 0 Å². The molecule has 31 heavy (non-hydrogen) atoms. The van der Waals surface area contributed by atoms with Gasteiger partial charge in [0.05, 0.1) is 17.1 Å². The fraction of sp³-hybridized carbons (Fsp3) is 0.160. The summed E-state index contributed by atoms with van der Waals surface area (Å²) in [6, 6.07) is 22.9. The molecule has 0 fully saturated rings. The van der Waals surface area contributed by atoms with Crippen molar-refractivity contribution in [2.75, 3.05) is 19.0 Å². The summed E-state index contributed by atoms with van der Waals surface area (Å²) in [5, 5.41) is 4.97. The van der Waals surface area contributed by atoms with Gasteiger partial charge in [-0.25, -0.2) is 4.98 Å². The van der Waals surface area contributed by atoms with Crippen LogP contribution in [-0.4, -0.2) is 30.0 Å². The first-order valence-corrected chi connectivity index (χ1v) is 10.0. The summed E-state index contributed by atoms with van der Waals surface area (Å²) in [4.78, 5) is 19.8. The van der Waals surface area contributed by atoms with Crippen LogP contribution in [-0.2, 0) is 6.61 Å². The van der Waals surface area contributed by atoms with Crippen molar-refractivity contribution in [2.24, 2.45) is 5.10 Å². The highest BCUT2D eigenvalue weighted by molar-refractivity contribution is 5.81. The van der Waals surface area contributed by atoms with Gasteiger partial charge in [0.1, 0.15) is 12.4 Å². The van der Waals surface area contributed by atoms with Crippen molar-refractivity contribution in [1.29, 1.82) is 0 Å². The van der Waals surface area contributed by atoms with Gasteiger partial charge in [-0.3, -0.25) is 4.79 Å². The Labute approximate surface area is 181 Å². The molecule has 0 aliphatic carbocycles. The van der Waals surface area contributed by atoms with Crippen LogP contribution in [0.4, 0.5) is 5.69 Å². The number of para-hydroxylation sites is 2. The topological polar surface area (TPSA) is 59.7 Å². The van der Waals surface area contributed by atoms with Gasteiger partial charge < -0.3 is 9.64 Å². The van der Waals surface area contributed by atoms with Crippen molar-refractivity contribution in [2.45, 2.75) is 13.5 Å². The summed E-state index contributed by atoms with van der Waals surface area (Å²) < 4.78 is 7.28. The molecule has 0 saturated carbocycles. The van der Waals surface area contributed by atoms with Gasteiger partial charge in [-0.05, 0) is 48.4 Å². The summed E-state index contributed by atoms with van der Waals surface area (Å²) in [6.45, 7) is 2.10. The van der Waals surface area contributed by atoms with Crippen LogP contribution in [0.3, 0.4) is 0 Å². The molecule has 4 aromatic rings. The molecular weight excluding hydrogens is 388 g/mol. The molecule has 4 rings (SSSR count). The third-order valence-electron chi connectivity index (χ3n) is 5.00. The van der Waals surface area contributed by atoms with Gasteiger partial charge in [0.25, 0.3) is 5.56 Å². The van der Waals surface area contributed by atoms with Gasteiger partial charge in [0, 0.05) is 19.8 Å². The lowest BCUT2D eigenvalue weighted by Gasteiger charge is -2.12. The maximum atomic E-state index is 13.1. The van der Waals surface area contributed by atoms with Crippen LogP contribution in [0.25, 0.3) is 10.9 Å². The molecule has 1 aromatic heterocycles. The zero-order valence-electron chi connectivity index (χ0n) is 17.8. The molecule has 0 spiro atoms. The zero-order chi connectivity index (χ0) is 21.8. The highest BCUT2D eigenvalue weighted by atomic mass is 16.5. The Morgan fingerprint density at radius 1 is 1.00 bits per heavy atom. The molecule has 6 nitrogen and oxygen atoms in total. The van der Waals surface area contributed by atoms with Crippen molar-refractivity contribution >= 4 is 22.8 Å². The van der Waals surface area contributed by atoms with Crippen molar-refractivity contribution in [3.8, 4) is 5.75 Å². The van der Waals surface area contributed by atoms with E-state index in [1.807, 2.05) is 92.6 Å². The smallest absolute Gasteiger partial charge is 0.282 e. The molecule has 0 aliphatic rings. The van der Waals surface area contributed by atoms with E-state index in [4.69, 9.17) is 4.74 Å². The molecular formula is C25H24N4O2. The number of hydrogen-bond donors (Lipinski definition) is 0. The van der Waals surface area contributed by atoms with Crippen LogP contribution < -0.4 is 15.2 Å². The van der Waals surface area contributed by atoms with Crippen LogP contribution in [0.2, 0.25) is 0 Å². The van der Waals surface area contributed by atoms with Gasteiger partial charge in [-0.2, -0.15) is 9.78 Å². The number of hydrogen-bond acceptors (Lipinski definition) is 5. The number of anilines is 1. The first-order valence-electron chi connectivity index (χ1n) is 10.0. The van der Waals surface area contributed by atoms with Gasteiger partial charge in [0.2, 0.25) is 0 Å². The van der Waals surface area contributed by atoms with Crippen LogP contribution >= 0.6 is 0 Å². The second kappa shape index (κ2) is 8.83. The Balaban J connectivity index is 1.71. The average Bonchev–Trinajstić information content (AvgIpc) is 2.78. The van der Waals surface area contributed by atoms with Crippen molar-refractivity contribution < 1.29 is 4.74 Å². The van der Waals surface area contributed by atoms with E-state index in [1.54, 1.807) is 12.3 Å². The number of ether oxygens (including phenoxy) is 1. The molecule has 6 heteroatoms. The van der Waals surface area contributed by atoms with Crippen LogP contribution in [0.15, 0.2) is 82.7 Å². The number of fused-ring (bicyclic) bond motifs is 1. The van der Waals surface area contributed by atoms with E-state index in [1.165, 1.54) is 4.68 Å². The molecule has 0 atom stereocenters. The third kappa shape index (κ3) is 4.48. The predicted molar refractivity (Wildman–Crippen MR) is 125 cm³/mol. The number of aromatic nitrogens is 2. The van der Waals surface area contributed by atoms with Crippen LogP contribution in [0, 0.1) is 6.92 Å². The fourth-order valence-corrected chi connectivity index (χ4v) is 3.23. The number of aryl methyl sites for hydroxylation is 1. The van der Waals surface area contributed by atoms with Crippen LogP contribution in [0.1, 0.15) is 17.0 Å². The Kier molecular flexibility index (Phi) is 5.80. The van der Waals surface area contributed by atoms with E-state index in [-0.39, 0.29) is 12.2 Å². The lowest BCUT2D eigenvalue weighted by atomic mass is 10.2. The van der Waals surface area contributed by atoms with Crippen molar-refractivity contribution in [3.63, 3.8) is 0 Å². The zero-order valence-corrected chi connectivity index (χ0v) is 17.8. The largest absolute Gasteiger partial charge is 0.485 e. The number of benzene rings is 3. The molecule has 0 bridgehead atoms. The normalized spacial score (nSPS) is 11.2. The van der Waals surface area contributed by atoms with E-state index in [9.17, 15) is 4.79 Å². The number of nitrogens with zero attached hydrogens (tertiary/aromatic N) is 4. The summed E-state index contributed by atoms with van der Waals surface area (Å²) in [6.07, 6.45) is 1.66. The predicted octanol–water partition coefficient (Wildman–Crippen LogP) is 4.23. The van der Waals surface area contributed by atoms with Crippen LogP contribution in [0.5, 0.6) is 5.75 Å². The average molecular weight is 412 g/mol. The van der Waals surface area contributed by atoms with Gasteiger partial charge in [0.15, 0.2) is 5.82 Å². The van der Waals surface area contributed by atoms with E-state index in [2.05, 4.69) is 10.1 Å². The minimum absolute atomic E-state index is 0.127. The quantitative estimate of drug-likeness (QED) is 0.445. The summed E-state index contributed by atoms with van der Waals surface area (Å²) >= 11 is 0. The molecule has 3 aromatic carbocycles. The summed E-state index contributed by atoms with van der Waals surface area (Å²) in [5.74, 6) is 1.19. The van der Waals surface area contributed by atoms with Gasteiger partial charge >= 0.3 is 0 Å². The Hall–Kier alpha value is -3.93. The third-order valence-corrected chi connectivity index (χ3v) is 5.00. The lowest BCUT2D eigenvalue weighted by molar-refractivity contribution is 0.287. The molecule has 0 N–H and O–H groups in total. The maximum Gasteiger partial charge on any atom is 0.282 e. The summed E-state index contributed by atoms with van der Waals surface area (Å²) in [5.41, 5.74) is 3.39. The Morgan fingerprint density at radius 3 is 2.45 bits per heavy atom. The molecule has 0 radical (unpaired) electrons. The first kappa shape index (κ1) is 20.3. The second-order valence-corrected chi connectivity index (χ2v) is 7.45. The minimum Gasteiger partial charge on any atom is -0.485 e. The molecule has 156 valence electrons. The Bertz CT molecular complexity index is 1290. The van der Waals surface area contributed by atoms with E-state index in [0.717, 1.165) is 22.6 Å². The van der Waals surface area contributed by atoms with E-state index >= 15 is 0 Å². The minimum atomic E-state index is -0.227. The van der Waals surface area contributed by atoms with Gasteiger partial charge in [-0.1, -0.05) is 42.5 Å². The molecule has 0 aliphatic heterocycles. The Morgan fingerprint density at radius 2 is 1.71 bits per heavy atom.